The lowest BCUT2D eigenvalue weighted by atomic mass is 9.93. The lowest BCUT2D eigenvalue weighted by Crippen LogP contribution is -3.12. The minimum absolute atomic E-state index is 0.0507. The summed E-state index contributed by atoms with van der Waals surface area (Å²) in [7, 11) is 2.15. The van der Waals surface area contributed by atoms with Crippen LogP contribution in [0.4, 0.5) is 11.4 Å². The molecule has 4 aromatic rings. The van der Waals surface area contributed by atoms with E-state index in [1.54, 1.807) is 35.4 Å². The average molecular weight is 657 g/mol. The molecule has 0 saturated carbocycles. The number of likely N-dealkylation sites (N-methyl/N-ethyl adjacent to an activating group) is 1. The Morgan fingerprint density at radius 3 is 2.50 bits per heavy atom. The smallest absolute Gasteiger partial charge is 0.338 e. The van der Waals surface area contributed by atoms with Crippen LogP contribution in [0.2, 0.25) is 0 Å². The van der Waals surface area contributed by atoms with Crippen molar-refractivity contribution in [2.45, 2.75) is 17.9 Å². The van der Waals surface area contributed by atoms with Crippen LogP contribution in [0.15, 0.2) is 93.1 Å². The quantitative estimate of drug-likeness (QED) is 0.134. The van der Waals surface area contributed by atoms with Gasteiger partial charge in [0, 0.05) is 33.8 Å². The molecule has 1 aromatic heterocycles. The van der Waals surface area contributed by atoms with Crippen molar-refractivity contribution in [3.05, 3.63) is 125 Å². The van der Waals surface area contributed by atoms with Crippen molar-refractivity contribution in [3.8, 4) is 0 Å². The molecule has 0 radical (unpaired) electrons. The number of thioether (sulfide) groups is 1. The summed E-state index contributed by atoms with van der Waals surface area (Å²) in [6.07, 6.45) is 3.71. The first-order valence-electron chi connectivity index (χ1n) is 15.1. The first-order valence-corrected chi connectivity index (χ1v) is 17.1. The van der Waals surface area contributed by atoms with E-state index in [0.717, 1.165) is 47.9 Å². The van der Waals surface area contributed by atoms with Gasteiger partial charge in [0.15, 0.2) is 4.80 Å². The molecule has 1 atom stereocenters. The second kappa shape index (κ2) is 13.5. The summed E-state index contributed by atoms with van der Waals surface area (Å²) in [5.41, 5.74) is 3.24. The summed E-state index contributed by atoms with van der Waals surface area (Å²) >= 11 is 2.80. The molecule has 0 unspecified atom stereocenters. The molecule has 2 aliphatic rings. The van der Waals surface area contributed by atoms with Crippen molar-refractivity contribution in [1.82, 2.24) is 4.57 Å². The van der Waals surface area contributed by atoms with E-state index >= 15 is 0 Å². The highest BCUT2D eigenvalue weighted by Crippen LogP contribution is 2.36. The molecule has 3 heterocycles. The zero-order valence-electron chi connectivity index (χ0n) is 25.8. The number of piperazine rings is 1. The van der Waals surface area contributed by atoms with Gasteiger partial charge in [-0.2, -0.15) is 0 Å². The van der Waals surface area contributed by atoms with Crippen LogP contribution in [-0.2, 0) is 9.53 Å². The van der Waals surface area contributed by atoms with Gasteiger partial charge in [-0.1, -0.05) is 53.8 Å². The number of nitro groups is 1. The van der Waals surface area contributed by atoms with Crippen molar-refractivity contribution < 1.29 is 19.4 Å². The van der Waals surface area contributed by atoms with Crippen LogP contribution in [0.1, 0.15) is 29.7 Å². The molecule has 3 aromatic carbocycles. The minimum Gasteiger partial charge on any atom is -0.463 e. The maximum absolute atomic E-state index is 14.4. The third-order valence-corrected chi connectivity index (χ3v) is 10.00. The van der Waals surface area contributed by atoms with Crippen LogP contribution in [0.3, 0.4) is 0 Å². The van der Waals surface area contributed by atoms with Gasteiger partial charge in [0.2, 0.25) is 0 Å². The molecule has 0 bridgehead atoms. The number of quaternary nitrogens is 1. The lowest BCUT2D eigenvalue weighted by molar-refractivity contribution is -0.880. The van der Waals surface area contributed by atoms with Crippen molar-refractivity contribution >= 4 is 52.2 Å². The molecule has 1 N–H and O–H groups in total. The standard InChI is InChI=1S/C34H33N5O5S2/c1-4-44-33(41)29-30(22-8-6-5-7-9-22)35-34-38(31(29)23-10-13-26(45-3)14-11-23)32(40)28(46-34)21-24-20-25(39(42)43)12-15-27(24)37-18-16-36(2)17-19-37/h5-15,20-21,31H,4,16-19H2,1-3H3/p+1/b28-21+/t31-/m1/s1. The van der Waals surface area contributed by atoms with Crippen LogP contribution in [0, 0.1) is 10.1 Å². The van der Waals surface area contributed by atoms with Gasteiger partial charge >= 0.3 is 5.97 Å². The fourth-order valence-corrected chi connectivity index (χ4v) is 7.27. The summed E-state index contributed by atoms with van der Waals surface area (Å²) in [6, 6.07) is 21.2. The van der Waals surface area contributed by atoms with E-state index < -0.39 is 16.9 Å². The lowest BCUT2D eigenvalue weighted by Gasteiger charge is -2.32. The van der Waals surface area contributed by atoms with Crippen molar-refractivity contribution in [1.29, 1.82) is 0 Å². The van der Waals surface area contributed by atoms with Gasteiger partial charge in [0.1, 0.15) is 0 Å². The maximum Gasteiger partial charge on any atom is 0.338 e. The van der Waals surface area contributed by atoms with Crippen molar-refractivity contribution in [2.75, 3.05) is 51.0 Å². The predicted molar refractivity (Wildman–Crippen MR) is 181 cm³/mol. The van der Waals surface area contributed by atoms with E-state index in [-0.39, 0.29) is 23.4 Å². The van der Waals surface area contributed by atoms with Gasteiger partial charge in [0.05, 0.1) is 66.6 Å². The maximum atomic E-state index is 14.4. The topological polar surface area (TPSA) is 111 Å². The highest BCUT2D eigenvalue weighted by molar-refractivity contribution is 7.98. The van der Waals surface area contributed by atoms with E-state index in [0.29, 0.717) is 20.6 Å². The highest BCUT2D eigenvalue weighted by atomic mass is 32.2. The Bertz CT molecular complexity index is 2000. The second-order valence-electron chi connectivity index (χ2n) is 11.1. The summed E-state index contributed by atoms with van der Waals surface area (Å²) in [5, 5.41) is 11.8. The molecule has 2 aliphatic heterocycles. The number of nitrogens with zero attached hydrogens (tertiary/aromatic N) is 4. The van der Waals surface area contributed by atoms with Crippen LogP contribution in [0.25, 0.3) is 11.8 Å². The van der Waals surface area contributed by atoms with Crippen LogP contribution in [0.5, 0.6) is 0 Å². The van der Waals surface area contributed by atoms with E-state index in [1.165, 1.54) is 28.4 Å². The predicted octanol–water partition coefficient (Wildman–Crippen LogP) is 2.90. The first kappa shape index (κ1) is 31.5. The summed E-state index contributed by atoms with van der Waals surface area (Å²) in [5.74, 6) is -0.545. The molecule has 1 saturated heterocycles. The number of nitrogens with one attached hydrogen (secondary N) is 1. The second-order valence-corrected chi connectivity index (χ2v) is 13.0. The number of benzene rings is 3. The molecule has 0 aliphatic carbocycles. The molecule has 10 nitrogen and oxygen atoms in total. The van der Waals surface area contributed by atoms with Gasteiger partial charge < -0.3 is 14.5 Å². The number of hydrogen-bond donors (Lipinski definition) is 1. The van der Waals surface area contributed by atoms with Gasteiger partial charge in [-0.25, -0.2) is 9.79 Å². The fourth-order valence-electron chi connectivity index (χ4n) is 5.87. The summed E-state index contributed by atoms with van der Waals surface area (Å²) in [6.45, 7) is 5.37. The first-order chi connectivity index (χ1) is 22.3. The van der Waals surface area contributed by atoms with E-state index in [2.05, 4.69) is 11.9 Å². The third-order valence-electron chi connectivity index (χ3n) is 8.27. The highest BCUT2D eigenvalue weighted by Gasteiger charge is 2.35. The van der Waals surface area contributed by atoms with Gasteiger partial charge in [-0.05, 0) is 43.0 Å². The minimum atomic E-state index is -0.797. The number of rotatable bonds is 8. The van der Waals surface area contributed by atoms with E-state index in [4.69, 9.17) is 9.73 Å². The van der Waals surface area contributed by atoms with Crippen molar-refractivity contribution in [2.24, 2.45) is 4.99 Å². The average Bonchev–Trinajstić information content (AvgIpc) is 3.38. The molecular weight excluding hydrogens is 623 g/mol. The molecule has 6 rings (SSSR count). The normalized spacial score (nSPS) is 17.1. The number of thiazole rings is 1. The molecule has 0 amide bonds. The molecular formula is C34H34N5O5S2+. The number of fused-ring (bicyclic) bond motifs is 1. The van der Waals surface area contributed by atoms with Crippen LogP contribution < -0.4 is 24.7 Å². The zero-order chi connectivity index (χ0) is 32.4. The number of anilines is 1. The Balaban J connectivity index is 1.60. The third kappa shape index (κ3) is 6.15. The Kier molecular flexibility index (Phi) is 9.20. The molecule has 0 spiro atoms. The number of non-ortho nitro benzene ring substituents is 1. The number of ether oxygens (including phenoxy) is 1. The number of hydrogen-bond acceptors (Lipinski definition) is 9. The van der Waals surface area contributed by atoms with Gasteiger partial charge in [-0.15, -0.1) is 11.8 Å². The number of esters is 1. The largest absolute Gasteiger partial charge is 0.463 e. The Labute approximate surface area is 274 Å². The summed E-state index contributed by atoms with van der Waals surface area (Å²) in [4.78, 5) is 49.5. The Morgan fingerprint density at radius 1 is 1.13 bits per heavy atom. The van der Waals surface area contributed by atoms with Crippen LogP contribution >= 0.6 is 23.1 Å². The molecule has 12 heteroatoms. The molecule has 46 heavy (non-hydrogen) atoms. The Hall–Kier alpha value is -4.52. The number of nitro benzene ring substituents is 1. The van der Waals surface area contributed by atoms with E-state index in [9.17, 15) is 19.7 Å². The fraction of sp³-hybridized carbons (Fsp3) is 0.265. The summed E-state index contributed by atoms with van der Waals surface area (Å²) < 4.78 is 7.48. The number of carbonyl (C=O) groups excluding carboxylic acids is 1. The van der Waals surface area contributed by atoms with Gasteiger partial charge in [0.25, 0.3) is 11.2 Å². The van der Waals surface area contributed by atoms with Crippen LogP contribution in [-0.4, -0.2) is 61.5 Å². The number of aromatic nitrogens is 1. The molecule has 236 valence electrons. The Morgan fingerprint density at radius 2 is 1.85 bits per heavy atom. The van der Waals surface area contributed by atoms with Gasteiger partial charge in [-0.3, -0.25) is 19.5 Å². The molecule has 1 fully saturated rings. The monoisotopic (exact) mass is 656 g/mol. The van der Waals surface area contributed by atoms with Crippen molar-refractivity contribution in [3.63, 3.8) is 0 Å². The SMILES string of the molecule is CCOC(=O)C1=C(c2ccccc2)N=c2s/c(=C/c3cc([N+](=O)[O-])ccc3N3CC[NH+](C)CC3)c(=O)n2[C@@H]1c1ccc(SC)cc1. The van der Waals surface area contributed by atoms with E-state index in [1.807, 2.05) is 60.9 Å². The number of carbonyl (C=O) groups is 1. The zero-order valence-corrected chi connectivity index (χ0v) is 27.4.